The van der Waals surface area contributed by atoms with Crippen LogP contribution in [0.3, 0.4) is 0 Å². The molecule has 0 aliphatic carbocycles. The Hall–Kier alpha value is -1.22. The van der Waals surface area contributed by atoms with E-state index in [-0.39, 0.29) is 5.48 Å². The SMILES string of the molecule is C[C@H]1CCC[NH2+]1.O.O=C([O-])[C@H](O)[C@@H](O)C(=O)O. The normalized spacial score (nSPS) is 21.5. The molecule has 0 amide bonds. The predicted molar refractivity (Wildman–Crippen MR) is 53.8 cm³/mol. The number of hydrogen-bond acceptors (Lipinski definition) is 5. The summed E-state index contributed by atoms with van der Waals surface area (Å²) >= 11 is 0. The van der Waals surface area contributed by atoms with Crippen LogP contribution in [-0.2, 0) is 9.59 Å². The molecule has 0 spiro atoms. The molecule has 7 N–H and O–H groups in total. The van der Waals surface area contributed by atoms with Crippen LogP contribution in [-0.4, -0.2) is 57.5 Å². The second-order valence-corrected chi connectivity index (χ2v) is 3.69. The Morgan fingerprint density at radius 1 is 1.35 bits per heavy atom. The molecule has 8 nitrogen and oxygen atoms in total. The molecule has 0 bridgehead atoms. The van der Waals surface area contributed by atoms with Crippen LogP contribution in [0.5, 0.6) is 0 Å². The van der Waals surface area contributed by atoms with Crippen LogP contribution in [0.4, 0.5) is 0 Å². The molecule has 1 aliphatic heterocycles. The standard InChI is InChI=1S/C5H11N.C4H6O6.H2O/c1-5-3-2-4-6-5;5-1(3(7)8)2(6)4(9)10;/h5-6H,2-4H2,1H3;1-2,5-6H,(H,7,8)(H,9,10);1H2/t5-;1-,2-;/m01./s1. The van der Waals surface area contributed by atoms with E-state index < -0.39 is 24.1 Å². The molecule has 3 atom stereocenters. The van der Waals surface area contributed by atoms with Crippen LogP contribution in [0.1, 0.15) is 19.8 Å². The average molecular weight is 253 g/mol. The van der Waals surface area contributed by atoms with Gasteiger partial charge in [0.15, 0.2) is 6.10 Å². The Labute approximate surface area is 98.2 Å². The van der Waals surface area contributed by atoms with Gasteiger partial charge in [-0.05, 0) is 6.92 Å². The van der Waals surface area contributed by atoms with Crippen molar-refractivity contribution >= 4 is 11.9 Å². The van der Waals surface area contributed by atoms with Gasteiger partial charge in [0.1, 0.15) is 6.10 Å². The van der Waals surface area contributed by atoms with Crippen LogP contribution in [0.2, 0.25) is 0 Å². The van der Waals surface area contributed by atoms with E-state index in [1.54, 1.807) is 0 Å². The van der Waals surface area contributed by atoms with Gasteiger partial charge in [0, 0.05) is 12.8 Å². The number of nitrogens with two attached hydrogens (primary N) is 1. The van der Waals surface area contributed by atoms with Crippen molar-refractivity contribution in [3.63, 3.8) is 0 Å². The first-order valence-corrected chi connectivity index (χ1v) is 4.99. The highest BCUT2D eigenvalue weighted by Crippen LogP contribution is 1.93. The number of aliphatic carboxylic acids is 2. The van der Waals surface area contributed by atoms with Gasteiger partial charge in [-0.3, -0.25) is 0 Å². The number of aliphatic hydroxyl groups is 2. The van der Waals surface area contributed by atoms with Gasteiger partial charge in [0.2, 0.25) is 0 Å². The predicted octanol–water partition coefficient (Wildman–Crippen LogP) is -4.55. The molecule has 0 saturated carbocycles. The number of quaternary nitrogens is 1. The van der Waals surface area contributed by atoms with Crippen molar-refractivity contribution < 1.29 is 40.8 Å². The minimum absolute atomic E-state index is 0. The third-order valence-corrected chi connectivity index (χ3v) is 2.23. The fourth-order valence-electron chi connectivity index (χ4n) is 1.22. The molecule has 0 aromatic carbocycles. The van der Waals surface area contributed by atoms with Crippen molar-refractivity contribution in [2.45, 2.75) is 38.0 Å². The number of carbonyl (C=O) groups excluding carboxylic acids is 1. The molecule has 8 heteroatoms. The van der Waals surface area contributed by atoms with Gasteiger partial charge < -0.3 is 36.0 Å². The summed E-state index contributed by atoms with van der Waals surface area (Å²) in [7, 11) is 0. The van der Waals surface area contributed by atoms with Crippen LogP contribution < -0.4 is 10.4 Å². The van der Waals surface area contributed by atoms with Crippen molar-refractivity contribution in [3.8, 4) is 0 Å². The fraction of sp³-hybridized carbons (Fsp3) is 0.778. The lowest BCUT2D eigenvalue weighted by Crippen LogP contribution is -2.85. The van der Waals surface area contributed by atoms with Gasteiger partial charge in [0.05, 0.1) is 18.6 Å². The third-order valence-electron chi connectivity index (χ3n) is 2.23. The van der Waals surface area contributed by atoms with Crippen LogP contribution in [0.15, 0.2) is 0 Å². The summed E-state index contributed by atoms with van der Waals surface area (Å²) in [5, 5.41) is 36.5. The van der Waals surface area contributed by atoms with Gasteiger partial charge in [-0.25, -0.2) is 4.79 Å². The summed E-state index contributed by atoms with van der Waals surface area (Å²) in [4.78, 5) is 19.4. The van der Waals surface area contributed by atoms with Gasteiger partial charge in [-0.1, -0.05) is 0 Å². The van der Waals surface area contributed by atoms with Crippen molar-refractivity contribution in [1.29, 1.82) is 0 Å². The van der Waals surface area contributed by atoms with E-state index in [0.717, 1.165) is 6.04 Å². The maximum absolute atomic E-state index is 9.74. The summed E-state index contributed by atoms with van der Waals surface area (Å²) < 4.78 is 0. The molecule has 0 aromatic rings. The monoisotopic (exact) mass is 253 g/mol. The third kappa shape index (κ3) is 7.64. The molecule has 0 unspecified atom stereocenters. The minimum atomic E-state index is -2.38. The first-order valence-electron chi connectivity index (χ1n) is 4.99. The average Bonchev–Trinajstić information content (AvgIpc) is 2.67. The summed E-state index contributed by atoms with van der Waals surface area (Å²) in [6.45, 7) is 3.65. The number of rotatable bonds is 3. The Bertz CT molecular complexity index is 221. The Kier molecular flexibility index (Phi) is 9.48. The molecule has 1 aliphatic rings. The lowest BCUT2D eigenvalue weighted by atomic mass is 10.2. The van der Waals surface area contributed by atoms with E-state index >= 15 is 0 Å². The molecule has 1 rings (SSSR count). The van der Waals surface area contributed by atoms with Crippen LogP contribution >= 0.6 is 0 Å². The quantitative estimate of drug-likeness (QED) is 0.395. The Morgan fingerprint density at radius 2 is 1.88 bits per heavy atom. The van der Waals surface area contributed by atoms with E-state index in [2.05, 4.69) is 12.2 Å². The zero-order valence-corrected chi connectivity index (χ0v) is 9.50. The van der Waals surface area contributed by atoms with E-state index in [1.165, 1.54) is 19.4 Å². The lowest BCUT2D eigenvalue weighted by molar-refractivity contribution is -0.666. The molecule has 0 radical (unpaired) electrons. The topological polar surface area (TPSA) is 166 Å². The molecule has 17 heavy (non-hydrogen) atoms. The lowest BCUT2D eigenvalue weighted by Gasteiger charge is -2.13. The molecule has 102 valence electrons. The van der Waals surface area contributed by atoms with Crippen LogP contribution in [0, 0.1) is 0 Å². The molecular formula is C9H19NO7. The van der Waals surface area contributed by atoms with E-state index in [0.29, 0.717) is 0 Å². The largest absolute Gasteiger partial charge is 0.547 e. The molecule has 0 aromatic heterocycles. The highest BCUT2D eigenvalue weighted by atomic mass is 16.4. The van der Waals surface area contributed by atoms with Crippen molar-refractivity contribution in [1.82, 2.24) is 0 Å². The maximum atomic E-state index is 9.74. The zero-order chi connectivity index (χ0) is 12.7. The first kappa shape index (κ1) is 18.2. The highest BCUT2D eigenvalue weighted by Gasteiger charge is 2.23. The molecular weight excluding hydrogens is 234 g/mol. The summed E-state index contributed by atoms with van der Waals surface area (Å²) in [5.74, 6) is -3.83. The molecule has 1 heterocycles. The van der Waals surface area contributed by atoms with Crippen molar-refractivity contribution in [2.24, 2.45) is 0 Å². The zero-order valence-electron chi connectivity index (χ0n) is 9.50. The highest BCUT2D eigenvalue weighted by molar-refractivity contribution is 5.81. The second kappa shape index (κ2) is 8.88. The molecule has 1 fully saturated rings. The maximum Gasteiger partial charge on any atom is 0.335 e. The Morgan fingerprint density at radius 3 is 2.00 bits per heavy atom. The number of carbonyl (C=O) groups is 2. The van der Waals surface area contributed by atoms with Crippen molar-refractivity contribution in [3.05, 3.63) is 0 Å². The summed E-state index contributed by atoms with van der Waals surface area (Å²) in [5.41, 5.74) is 0. The number of aliphatic hydroxyl groups excluding tert-OH is 2. The van der Waals surface area contributed by atoms with E-state index in [4.69, 9.17) is 15.3 Å². The fourth-order valence-corrected chi connectivity index (χ4v) is 1.22. The van der Waals surface area contributed by atoms with Gasteiger partial charge in [-0.15, -0.1) is 0 Å². The van der Waals surface area contributed by atoms with Gasteiger partial charge >= 0.3 is 5.97 Å². The summed E-state index contributed by atoms with van der Waals surface area (Å²) in [6, 6.07) is 0.921. The van der Waals surface area contributed by atoms with Crippen molar-refractivity contribution in [2.75, 3.05) is 6.54 Å². The number of carboxylic acid groups (broad SMARTS) is 2. The number of carboxylic acids is 2. The number of hydrogen-bond donors (Lipinski definition) is 4. The molecule has 1 saturated heterocycles. The smallest absolute Gasteiger partial charge is 0.335 e. The van der Waals surface area contributed by atoms with E-state index in [9.17, 15) is 14.7 Å². The Balaban J connectivity index is 0. The van der Waals surface area contributed by atoms with E-state index in [1.807, 2.05) is 0 Å². The minimum Gasteiger partial charge on any atom is -0.547 e. The van der Waals surface area contributed by atoms with Gasteiger partial charge in [-0.2, -0.15) is 0 Å². The summed E-state index contributed by atoms with van der Waals surface area (Å²) in [6.07, 6.45) is -1.84. The second-order valence-electron chi connectivity index (χ2n) is 3.69. The van der Waals surface area contributed by atoms with Crippen LogP contribution in [0.25, 0.3) is 0 Å². The van der Waals surface area contributed by atoms with Gasteiger partial charge in [0.25, 0.3) is 0 Å². The first-order chi connectivity index (χ1) is 7.36.